The van der Waals surface area contributed by atoms with Crippen LogP contribution >= 0.6 is 0 Å². The van der Waals surface area contributed by atoms with Gasteiger partial charge in [-0.2, -0.15) is 5.10 Å². The number of hydrogen-bond donors (Lipinski definition) is 2. The zero-order valence-corrected chi connectivity index (χ0v) is 31.2. The Morgan fingerprint density at radius 2 is 1.44 bits per heavy atom. The largest absolute Gasteiger partial charge is 0.349 e. The molecule has 0 bridgehead atoms. The molecule has 1 fully saturated rings. The van der Waals surface area contributed by atoms with Gasteiger partial charge in [-0.05, 0) is 76.3 Å². The van der Waals surface area contributed by atoms with Crippen molar-refractivity contribution in [3.8, 4) is 0 Å². The summed E-state index contributed by atoms with van der Waals surface area (Å²) >= 11 is 0. The number of nitrogens with zero attached hydrogens (tertiary/aromatic N) is 2. The number of nitrogens with one attached hydrogen (secondary N) is 1. The van der Waals surface area contributed by atoms with Gasteiger partial charge in [-0.15, -0.1) is 13.2 Å². The molecule has 2 aromatic carbocycles. The van der Waals surface area contributed by atoms with E-state index >= 15 is 0 Å². The summed E-state index contributed by atoms with van der Waals surface area (Å²) in [5.41, 5.74) is 11.3. The minimum Gasteiger partial charge on any atom is -0.349 e. The molecule has 0 saturated heterocycles. The van der Waals surface area contributed by atoms with Gasteiger partial charge in [0.05, 0.1) is 36.8 Å². The Morgan fingerprint density at radius 1 is 0.917 bits per heavy atom. The number of halogens is 2. The summed E-state index contributed by atoms with van der Waals surface area (Å²) in [6, 6.07) is 18.2. The molecule has 8 heteroatoms. The molecule has 1 heterocycles. The summed E-state index contributed by atoms with van der Waals surface area (Å²) in [7, 11) is 2.50. The summed E-state index contributed by atoms with van der Waals surface area (Å²) < 4.78 is 20.6. The Kier molecular flexibility index (Phi) is 35.6. The molecule has 3 aromatic rings. The molecular weight excluding hydrogens is 606 g/mol. The van der Waals surface area contributed by atoms with Gasteiger partial charge in [-0.3, -0.25) is 18.4 Å². The molecule has 1 aromatic heterocycles. The first-order valence-electron chi connectivity index (χ1n) is 16.1. The van der Waals surface area contributed by atoms with Crippen LogP contribution in [-0.4, -0.2) is 43.9 Å². The molecule has 48 heavy (non-hydrogen) atoms. The van der Waals surface area contributed by atoms with E-state index < -0.39 is 0 Å². The molecule has 1 aliphatic rings. The highest BCUT2D eigenvalue weighted by molar-refractivity contribution is 5.85. The zero-order chi connectivity index (χ0) is 38.0. The van der Waals surface area contributed by atoms with Crippen LogP contribution in [0.5, 0.6) is 0 Å². The molecule has 0 aliphatic heterocycles. The van der Waals surface area contributed by atoms with Crippen molar-refractivity contribution in [3.63, 3.8) is 0 Å². The van der Waals surface area contributed by atoms with Crippen molar-refractivity contribution in [1.82, 2.24) is 15.1 Å². The lowest BCUT2D eigenvalue weighted by molar-refractivity contribution is -0.110. The van der Waals surface area contributed by atoms with E-state index in [0.29, 0.717) is 25.6 Å². The Morgan fingerprint density at radius 3 is 1.83 bits per heavy atom. The van der Waals surface area contributed by atoms with Crippen molar-refractivity contribution < 1.29 is 18.4 Å². The number of aldehydes is 1. The number of amides is 1. The van der Waals surface area contributed by atoms with Crippen LogP contribution in [0.25, 0.3) is 18.4 Å². The van der Waals surface area contributed by atoms with Gasteiger partial charge in [-0.25, -0.2) is 4.68 Å². The first kappa shape index (κ1) is 50.4. The highest BCUT2D eigenvalue weighted by Crippen LogP contribution is 2.44. The maximum absolute atomic E-state index is 11.1. The second kappa shape index (κ2) is 33.9. The molecule has 1 aliphatic carbocycles. The minimum absolute atomic E-state index is 0.0248. The number of carbonyl (C=O) groups is 2. The quantitative estimate of drug-likeness (QED) is 0.166. The van der Waals surface area contributed by atoms with Crippen LogP contribution in [0.2, 0.25) is 0 Å². The summed E-state index contributed by atoms with van der Waals surface area (Å²) in [5.74, 6) is 0. The van der Waals surface area contributed by atoms with Crippen LogP contribution < -0.4 is 11.1 Å². The monoisotopic (exact) mass is 668 g/mol. The van der Waals surface area contributed by atoms with E-state index in [1.807, 2.05) is 96.2 Å². The molecule has 1 saturated carbocycles. The first-order valence-corrected chi connectivity index (χ1v) is 16.1. The summed E-state index contributed by atoms with van der Waals surface area (Å²) in [4.78, 5) is 21.5. The number of alkyl halides is 2. The summed E-state index contributed by atoms with van der Waals surface area (Å²) in [5, 5.41) is 7.12. The van der Waals surface area contributed by atoms with Crippen molar-refractivity contribution in [3.05, 3.63) is 120 Å². The maximum atomic E-state index is 11.1. The van der Waals surface area contributed by atoms with Gasteiger partial charge < -0.3 is 11.1 Å². The number of aromatic nitrogens is 2. The number of aryl methyl sites for hydroxylation is 2. The summed E-state index contributed by atoms with van der Waals surface area (Å²) in [6.07, 6.45) is 13.3. The highest BCUT2D eigenvalue weighted by atomic mass is 19.1. The van der Waals surface area contributed by atoms with Crippen LogP contribution in [0, 0.1) is 13.8 Å². The lowest BCUT2D eigenvalue weighted by atomic mass is 10.1. The van der Waals surface area contributed by atoms with Crippen LogP contribution in [0.4, 0.5) is 8.78 Å². The molecule has 6 nitrogen and oxygen atoms in total. The van der Waals surface area contributed by atoms with Crippen LogP contribution in [0.1, 0.15) is 98.7 Å². The lowest BCUT2D eigenvalue weighted by Gasteiger charge is -2.13. The molecule has 0 unspecified atom stereocenters. The summed E-state index contributed by atoms with van der Waals surface area (Å²) in [6.45, 7) is 24.9. The van der Waals surface area contributed by atoms with Gasteiger partial charge >= 0.3 is 0 Å². The SMILES string of the molecule is C=CCCC(=C)C.C=Cn1nc(C)c(C=O)c1/C=C/c1ccccc1C.CC.CC.CF.CF.CN.O=CNC1(c2ccccc2)CC1. The van der Waals surface area contributed by atoms with Gasteiger partial charge in [0.1, 0.15) is 0 Å². The Bertz CT molecular complexity index is 1280. The van der Waals surface area contributed by atoms with Crippen molar-refractivity contribution in [2.45, 2.75) is 79.7 Å². The van der Waals surface area contributed by atoms with E-state index in [9.17, 15) is 18.4 Å². The molecule has 1 amide bonds. The third-order valence-electron chi connectivity index (χ3n) is 6.26. The standard InChI is InChI=1S/C16H16N2O.C10H11NO.C7H12.2C2H6.2CH3F.CH5N/c1-4-18-16(15(11-19)13(3)17-18)10-9-14-8-6-5-7-12(14)2;12-8-11-10(6-7-10)9-4-2-1-3-5-9;1-4-5-6-7(2)3;5*1-2/h4-11H,1H2,2-3H3;1-5,8H,6-7H2,(H,11,12);4H,1-2,5-6H2,3H3;2*1-2H3;2*1H3;2H2,1H3/b10-9+;;;;;;;. The zero-order valence-electron chi connectivity index (χ0n) is 31.2. The second-order valence-electron chi connectivity index (χ2n) is 9.31. The van der Waals surface area contributed by atoms with E-state index in [1.165, 1.54) is 23.7 Å². The fourth-order valence-electron chi connectivity index (χ4n) is 3.83. The number of hydrogen-bond acceptors (Lipinski definition) is 4. The number of benzene rings is 2. The fourth-order valence-corrected chi connectivity index (χ4v) is 3.83. The number of carbonyl (C=O) groups excluding carboxylic acids is 2. The number of nitrogens with two attached hydrogens (primary N) is 1. The van der Waals surface area contributed by atoms with Gasteiger partial charge in [0.25, 0.3) is 0 Å². The minimum atomic E-state index is -0.0248. The maximum Gasteiger partial charge on any atom is 0.207 e. The van der Waals surface area contributed by atoms with Crippen LogP contribution in [0.15, 0.2) is 86.0 Å². The van der Waals surface area contributed by atoms with Crippen molar-refractivity contribution in [2.24, 2.45) is 5.73 Å². The second-order valence-corrected chi connectivity index (χ2v) is 9.31. The average molecular weight is 669 g/mol. The van der Waals surface area contributed by atoms with E-state index in [1.54, 1.807) is 10.9 Å². The third kappa shape index (κ3) is 19.9. The lowest BCUT2D eigenvalue weighted by Crippen LogP contribution is -2.27. The fraction of sp³-hybridized carbons (Fsp3) is 0.375. The Balaban J connectivity index is -0.000000287. The van der Waals surface area contributed by atoms with E-state index in [4.69, 9.17) is 0 Å². The van der Waals surface area contributed by atoms with Gasteiger partial charge in [0, 0.05) is 6.20 Å². The van der Waals surface area contributed by atoms with E-state index in [0.717, 1.165) is 49.6 Å². The molecular formula is C40H62F2N4O2. The van der Waals surface area contributed by atoms with Gasteiger partial charge in [0.15, 0.2) is 6.29 Å². The Hall–Kier alpha value is -4.43. The normalized spacial score (nSPS) is 10.7. The number of allylic oxidation sites excluding steroid dienone is 2. The molecule has 3 N–H and O–H groups in total. The predicted molar refractivity (Wildman–Crippen MR) is 207 cm³/mol. The van der Waals surface area contributed by atoms with Crippen LogP contribution in [-0.2, 0) is 10.3 Å². The molecule has 268 valence electrons. The third-order valence-corrected chi connectivity index (χ3v) is 6.26. The van der Waals surface area contributed by atoms with Crippen molar-refractivity contribution in [1.29, 1.82) is 0 Å². The van der Waals surface area contributed by atoms with Crippen LogP contribution in [0.3, 0.4) is 0 Å². The predicted octanol–water partition coefficient (Wildman–Crippen LogP) is 10.3. The topological polar surface area (TPSA) is 90.0 Å². The average Bonchev–Trinajstić information content (AvgIpc) is 3.87. The van der Waals surface area contributed by atoms with Gasteiger partial charge in [0.2, 0.25) is 6.41 Å². The van der Waals surface area contributed by atoms with E-state index in [2.05, 4.69) is 61.0 Å². The molecule has 0 spiro atoms. The first-order chi connectivity index (χ1) is 23.3. The number of rotatable bonds is 10. The Labute approximate surface area is 290 Å². The smallest absolute Gasteiger partial charge is 0.207 e. The molecule has 0 radical (unpaired) electrons. The molecule has 4 rings (SSSR count). The van der Waals surface area contributed by atoms with Gasteiger partial charge in [-0.1, -0.05) is 107 Å². The van der Waals surface area contributed by atoms with Crippen molar-refractivity contribution in [2.75, 3.05) is 21.4 Å². The molecule has 0 atom stereocenters. The van der Waals surface area contributed by atoms with Crippen molar-refractivity contribution >= 4 is 31.0 Å². The van der Waals surface area contributed by atoms with E-state index in [-0.39, 0.29) is 5.54 Å². The highest BCUT2D eigenvalue weighted by Gasteiger charge is 2.43.